The molecular formula is C13H11ClN4O. The third-order valence-corrected chi connectivity index (χ3v) is 3.09. The lowest BCUT2D eigenvalue weighted by Gasteiger charge is -2.04. The fourth-order valence-corrected chi connectivity index (χ4v) is 2.11. The van der Waals surface area contributed by atoms with Crippen molar-refractivity contribution < 1.29 is 9.79 Å². The number of halogens is 1. The summed E-state index contributed by atoms with van der Waals surface area (Å²) < 4.78 is 3.14. The van der Waals surface area contributed by atoms with E-state index in [1.165, 1.54) is 10.6 Å². The van der Waals surface area contributed by atoms with Crippen LogP contribution in [0.1, 0.15) is 11.3 Å². The van der Waals surface area contributed by atoms with Crippen LogP contribution < -0.4 is 9.79 Å². The third-order valence-electron chi connectivity index (χ3n) is 2.83. The number of fused-ring (bicyclic) bond motifs is 1. The highest BCUT2D eigenvalue weighted by Gasteiger charge is 2.14. The molecule has 0 atom stereocenters. The van der Waals surface area contributed by atoms with Gasteiger partial charge in [-0.1, -0.05) is 33.3 Å². The minimum Gasteiger partial charge on any atom is -0.867 e. The molecule has 0 N–H and O–H groups in total. The Morgan fingerprint density at radius 3 is 2.79 bits per heavy atom. The second kappa shape index (κ2) is 4.51. The van der Waals surface area contributed by atoms with Crippen LogP contribution in [0.2, 0.25) is 5.02 Å². The highest BCUT2D eigenvalue weighted by Crippen LogP contribution is 2.12. The van der Waals surface area contributed by atoms with Crippen molar-refractivity contribution in [3.8, 4) is 5.75 Å². The molecule has 5 nitrogen and oxygen atoms in total. The molecule has 0 saturated heterocycles. The first-order valence-electron chi connectivity index (χ1n) is 5.80. The van der Waals surface area contributed by atoms with E-state index in [0.717, 1.165) is 5.56 Å². The lowest BCUT2D eigenvalue weighted by atomic mass is 10.2. The molecule has 2 heterocycles. The van der Waals surface area contributed by atoms with E-state index in [1.807, 2.05) is 24.3 Å². The lowest BCUT2D eigenvalue weighted by Crippen LogP contribution is -2.37. The van der Waals surface area contributed by atoms with Crippen molar-refractivity contribution in [3.05, 3.63) is 52.9 Å². The Bertz CT molecular complexity index is 736. The zero-order valence-corrected chi connectivity index (χ0v) is 11.0. The fraction of sp³-hybridized carbons (Fsp3) is 0.154. The van der Waals surface area contributed by atoms with Crippen molar-refractivity contribution in [3.63, 3.8) is 0 Å². The quantitative estimate of drug-likeness (QED) is 0.658. The Morgan fingerprint density at radius 1 is 1.32 bits per heavy atom. The first kappa shape index (κ1) is 11.9. The molecule has 0 bridgehead atoms. The van der Waals surface area contributed by atoms with Crippen LogP contribution in [-0.4, -0.2) is 14.7 Å². The molecule has 0 aliphatic heterocycles. The smallest absolute Gasteiger partial charge is 0.321 e. The van der Waals surface area contributed by atoms with Gasteiger partial charge in [0.05, 0.1) is 5.69 Å². The van der Waals surface area contributed by atoms with E-state index in [0.29, 0.717) is 22.9 Å². The Hall–Kier alpha value is -2.14. The van der Waals surface area contributed by atoms with Gasteiger partial charge in [-0.3, -0.25) is 0 Å². The Morgan fingerprint density at radius 2 is 2.05 bits per heavy atom. The minimum absolute atomic E-state index is 0.0843. The molecule has 0 aliphatic carbocycles. The molecule has 0 radical (unpaired) electrons. The number of aryl methyl sites for hydroxylation is 1. The van der Waals surface area contributed by atoms with E-state index in [9.17, 15) is 5.11 Å². The van der Waals surface area contributed by atoms with Crippen LogP contribution in [0.4, 0.5) is 0 Å². The SMILES string of the molecule is Cc1cc([O-])c2n(cn[n+]2Cc2ccc(Cl)cc2)n1. The standard InChI is InChI=1S/C13H11ClN4O/c1-9-6-12(19)13-17(15-8-18(13)16-9)7-10-2-4-11(14)5-3-10/h2-6,8H,7H2,1H3. The summed E-state index contributed by atoms with van der Waals surface area (Å²) in [6, 6.07) is 8.96. The van der Waals surface area contributed by atoms with E-state index >= 15 is 0 Å². The Labute approximate surface area is 114 Å². The van der Waals surface area contributed by atoms with E-state index < -0.39 is 0 Å². The first-order chi connectivity index (χ1) is 9.13. The molecular weight excluding hydrogens is 264 g/mol. The predicted octanol–water partition coefficient (Wildman–Crippen LogP) is 1.10. The molecule has 0 amide bonds. The summed E-state index contributed by atoms with van der Waals surface area (Å²) in [7, 11) is 0. The fourth-order valence-electron chi connectivity index (χ4n) is 1.98. The normalized spacial score (nSPS) is 11.1. The maximum absolute atomic E-state index is 12.0. The molecule has 0 saturated carbocycles. The lowest BCUT2D eigenvalue weighted by molar-refractivity contribution is -0.721. The van der Waals surface area contributed by atoms with Crippen molar-refractivity contribution in [2.24, 2.45) is 0 Å². The van der Waals surface area contributed by atoms with Crippen LogP contribution in [0, 0.1) is 6.92 Å². The molecule has 2 aromatic heterocycles. The molecule has 96 valence electrons. The second-order valence-electron chi connectivity index (χ2n) is 4.33. The van der Waals surface area contributed by atoms with Gasteiger partial charge in [-0.15, -0.1) is 4.68 Å². The van der Waals surface area contributed by atoms with Crippen molar-refractivity contribution in [1.29, 1.82) is 0 Å². The summed E-state index contributed by atoms with van der Waals surface area (Å²) in [5.41, 5.74) is 2.16. The summed E-state index contributed by atoms with van der Waals surface area (Å²) in [6.07, 6.45) is 1.54. The number of rotatable bonds is 2. The average molecular weight is 275 g/mol. The predicted molar refractivity (Wildman–Crippen MR) is 67.9 cm³/mol. The topological polar surface area (TPSA) is 57.1 Å². The zero-order chi connectivity index (χ0) is 13.4. The van der Waals surface area contributed by atoms with Gasteiger partial charge in [0.15, 0.2) is 0 Å². The number of hydrogen-bond donors (Lipinski definition) is 0. The molecule has 0 fully saturated rings. The monoisotopic (exact) mass is 274 g/mol. The molecule has 3 aromatic rings. The average Bonchev–Trinajstić information content (AvgIpc) is 2.75. The van der Waals surface area contributed by atoms with Gasteiger partial charge in [-0.05, 0) is 41.5 Å². The van der Waals surface area contributed by atoms with Gasteiger partial charge in [-0.2, -0.15) is 0 Å². The molecule has 19 heavy (non-hydrogen) atoms. The summed E-state index contributed by atoms with van der Waals surface area (Å²) in [4.78, 5) is 0. The molecule has 0 unspecified atom stereocenters. The summed E-state index contributed by atoms with van der Waals surface area (Å²) in [5.74, 6) is -0.0843. The summed E-state index contributed by atoms with van der Waals surface area (Å²) in [5, 5.41) is 21.1. The molecule has 0 aliphatic rings. The highest BCUT2D eigenvalue weighted by atomic mass is 35.5. The van der Waals surface area contributed by atoms with Crippen LogP contribution in [0.3, 0.4) is 0 Å². The van der Waals surface area contributed by atoms with Crippen molar-refractivity contribution in [2.75, 3.05) is 0 Å². The maximum atomic E-state index is 12.0. The summed E-state index contributed by atoms with van der Waals surface area (Å²) in [6.45, 7) is 2.29. The highest BCUT2D eigenvalue weighted by molar-refractivity contribution is 6.30. The van der Waals surface area contributed by atoms with Gasteiger partial charge in [0.1, 0.15) is 6.54 Å². The van der Waals surface area contributed by atoms with Gasteiger partial charge < -0.3 is 5.11 Å². The number of aromatic nitrogens is 4. The van der Waals surface area contributed by atoms with Gasteiger partial charge in [0.25, 0.3) is 6.33 Å². The van der Waals surface area contributed by atoms with E-state index in [1.54, 1.807) is 17.9 Å². The van der Waals surface area contributed by atoms with E-state index in [2.05, 4.69) is 10.2 Å². The van der Waals surface area contributed by atoms with Crippen LogP contribution in [0.15, 0.2) is 36.7 Å². The molecule has 0 spiro atoms. The summed E-state index contributed by atoms with van der Waals surface area (Å²) >= 11 is 5.84. The van der Waals surface area contributed by atoms with E-state index in [-0.39, 0.29) is 5.75 Å². The maximum Gasteiger partial charge on any atom is 0.321 e. The van der Waals surface area contributed by atoms with E-state index in [4.69, 9.17) is 11.6 Å². The first-order valence-corrected chi connectivity index (χ1v) is 6.18. The third kappa shape index (κ3) is 2.24. The number of benzene rings is 1. The van der Waals surface area contributed by atoms with Gasteiger partial charge >= 0.3 is 5.65 Å². The minimum atomic E-state index is -0.0843. The van der Waals surface area contributed by atoms with Gasteiger partial charge in [-0.25, -0.2) is 0 Å². The van der Waals surface area contributed by atoms with Gasteiger partial charge in [0, 0.05) is 5.02 Å². The van der Waals surface area contributed by atoms with Crippen molar-refractivity contribution in [2.45, 2.75) is 13.5 Å². The van der Waals surface area contributed by atoms with Gasteiger partial charge in [0.2, 0.25) is 0 Å². The van der Waals surface area contributed by atoms with Crippen molar-refractivity contribution >= 4 is 17.2 Å². The van der Waals surface area contributed by atoms with Crippen LogP contribution in [-0.2, 0) is 6.54 Å². The zero-order valence-electron chi connectivity index (χ0n) is 10.2. The van der Waals surface area contributed by atoms with Crippen molar-refractivity contribution in [1.82, 2.24) is 14.7 Å². The molecule has 3 rings (SSSR count). The Kier molecular flexibility index (Phi) is 2.83. The Balaban J connectivity index is 2.04. The van der Waals surface area contributed by atoms with Crippen LogP contribution in [0.5, 0.6) is 5.75 Å². The number of nitrogens with zero attached hydrogens (tertiary/aromatic N) is 4. The second-order valence-corrected chi connectivity index (χ2v) is 4.77. The van der Waals surface area contributed by atoms with Crippen LogP contribution >= 0.6 is 11.6 Å². The molecule has 1 aromatic carbocycles. The largest absolute Gasteiger partial charge is 0.867 e. The molecule has 6 heteroatoms. The van der Waals surface area contributed by atoms with Crippen LogP contribution in [0.25, 0.3) is 5.65 Å². The number of hydrogen-bond acceptors (Lipinski definition) is 3.